The Balaban J connectivity index is 3.04. The van der Waals surface area contributed by atoms with Crippen molar-refractivity contribution in [2.45, 2.75) is 13.3 Å². The minimum Gasteiger partial charge on any atom is -0.383 e. The second-order valence-corrected chi connectivity index (χ2v) is 3.60. The molecule has 0 amide bonds. The molecule has 3 nitrogen and oxygen atoms in total. The molecule has 0 spiro atoms. The van der Waals surface area contributed by atoms with Crippen molar-refractivity contribution in [3.63, 3.8) is 0 Å². The quantitative estimate of drug-likeness (QED) is 0.496. The number of nitrogens with zero attached hydrogens (tertiary/aromatic N) is 2. The van der Waals surface area contributed by atoms with Crippen LogP contribution in [-0.4, -0.2) is 5.84 Å². The van der Waals surface area contributed by atoms with E-state index < -0.39 is 0 Å². The van der Waals surface area contributed by atoms with Crippen LogP contribution in [0.2, 0.25) is 5.02 Å². The van der Waals surface area contributed by atoms with Crippen molar-refractivity contribution >= 4 is 23.0 Å². The Morgan fingerprint density at radius 3 is 2.62 bits per heavy atom. The zero-order chi connectivity index (χ0) is 12.0. The Hall–Kier alpha value is -1.79. The van der Waals surface area contributed by atoms with Crippen molar-refractivity contribution in [3.05, 3.63) is 40.9 Å². The number of nitrogens with two attached hydrogens (primary N) is 1. The molecule has 0 fully saturated rings. The molecule has 4 heteroatoms. The van der Waals surface area contributed by atoms with E-state index in [0.717, 1.165) is 17.6 Å². The summed E-state index contributed by atoms with van der Waals surface area (Å²) in [5.41, 5.74) is 7.60. The van der Waals surface area contributed by atoms with Gasteiger partial charge in [0.1, 0.15) is 5.84 Å². The van der Waals surface area contributed by atoms with Crippen LogP contribution in [0.25, 0.3) is 5.57 Å². The molecule has 1 rings (SSSR count). The second-order valence-electron chi connectivity index (χ2n) is 3.17. The number of aliphatic imine (C=N–C) groups is 1. The lowest BCUT2D eigenvalue weighted by atomic mass is 10.0. The summed E-state index contributed by atoms with van der Waals surface area (Å²) in [4.78, 5) is 3.45. The highest BCUT2D eigenvalue weighted by Gasteiger charge is 2.00. The van der Waals surface area contributed by atoms with E-state index in [2.05, 4.69) is 4.99 Å². The molecule has 0 heterocycles. The van der Waals surface area contributed by atoms with Crippen LogP contribution in [0.4, 0.5) is 0 Å². The summed E-state index contributed by atoms with van der Waals surface area (Å²) in [5, 5.41) is 9.06. The number of hydrogen-bond donors (Lipinski definition) is 1. The fraction of sp³-hybridized carbons (Fsp3) is 0.167. The third kappa shape index (κ3) is 3.41. The minimum atomic E-state index is 0.217. The van der Waals surface area contributed by atoms with E-state index in [9.17, 15) is 0 Å². The molecule has 0 aliphatic heterocycles. The monoisotopic (exact) mass is 233 g/mol. The van der Waals surface area contributed by atoms with Crippen LogP contribution in [0.5, 0.6) is 0 Å². The third-order valence-electron chi connectivity index (χ3n) is 2.10. The van der Waals surface area contributed by atoms with Gasteiger partial charge in [-0.1, -0.05) is 30.7 Å². The predicted molar refractivity (Wildman–Crippen MR) is 67.0 cm³/mol. The van der Waals surface area contributed by atoms with E-state index in [1.54, 1.807) is 12.3 Å². The van der Waals surface area contributed by atoms with Gasteiger partial charge >= 0.3 is 0 Å². The summed E-state index contributed by atoms with van der Waals surface area (Å²) in [6.07, 6.45) is 4.16. The minimum absolute atomic E-state index is 0.217. The molecule has 0 atom stereocenters. The molecule has 0 aliphatic rings. The van der Waals surface area contributed by atoms with Crippen molar-refractivity contribution in [3.8, 4) is 6.19 Å². The number of nitriles is 1. The number of hydrogen-bond acceptors (Lipinski definition) is 2. The molecule has 1 aromatic rings. The first kappa shape index (κ1) is 12.3. The number of benzene rings is 1. The maximum atomic E-state index is 8.37. The van der Waals surface area contributed by atoms with Gasteiger partial charge in [-0.15, -0.1) is 0 Å². The molecule has 0 saturated carbocycles. The maximum Gasteiger partial charge on any atom is 0.207 e. The SMILES string of the molecule is CCC(=CC(N)=NC#N)c1ccc(Cl)cc1. The van der Waals surface area contributed by atoms with Crippen LogP contribution in [-0.2, 0) is 0 Å². The van der Waals surface area contributed by atoms with Crippen LogP contribution < -0.4 is 5.73 Å². The first-order valence-corrected chi connectivity index (χ1v) is 5.24. The highest BCUT2D eigenvalue weighted by atomic mass is 35.5. The van der Waals surface area contributed by atoms with Crippen molar-refractivity contribution in [1.82, 2.24) is 0 Å². The van der Waals surface area contributed by atoms with E-state index in [4.69, 9.17) is 22.6 Å². The van der Waals surface area contributed by atoms with Crippen molar-refractivity contribution in [2.24, 2.45) is 10.7 Å². The van der Waals surface area contributed by atoms with E-state index in [0.29, 0.717) is 5.02 Å². The van der Waals surface area contributed by atoms with E-state index in [-0.39, 0.29) is 5.84 Å². The number of amidine groups is 1. The summed E-state index contributed by atoms with van der Waals surface area (Å²) in [7, 11) is 0. The van der Waals surface area contributed by atoms with E-state index in [1.165, 1.54) is 0 Å². The fourth-order valence-electron chi connectivity index (χ4n) is 1.32. The highest BCUT2D eigenvalue weighted by molar-refractivity contribution is 6.30. The van der Waals surface area contributed by atoms with Crippen molar-refractivity contribution in [2.75, 3.05) is 0 Å². The Kier molecular flexibility index (Phi) is 4.56. The molecule has 0 radical (unpaired) electrons. The molecule has 0 unspecified atom stereocenters. The lowest BCUT2D eigenvalue weighted by Gasteiger charge is -2.04. The molecule has 1 aromatic carbocycles. The topological polar surface area (TPSA) is 62.2 Å². The molecule has 0 aliphatic carbocycles. The van der Waals surface area contributed by atoms with Crippen LogP contribution in [0.1, 0.15) is 18.9 Å². The zero-order valence-electron chi connectivity index (χ0n) is 8.94. The molecule has 82 valence electrons. The summed E-state index contributed by atoms with van der Waals surface area (Å²) < 4.78 is 0. The van der Waals surface area contributed by atoms with Crippen molar-refractivity contribution < 1.29 is 0 Å². The fourth-order valence-corrected chi connectivity index (χ4v) is 1.45. The van der Waals surface area contributed by atoms with E-state index >= 15 is 0 Å². The molecule has 0 saturated heterocycles. The summed E-state index contributed by atoms with van der Waals surface area (Å²) in [6.45, 7) is 2.01. The Labute approximate surface area is 99.9 Å². The van der Waals surface area contributed by atoms with Crippen molar-refractivity contribution in [1.29, 1.82) is 5.26 Å². The summed E-state index contributed by atoms with van der Waals surface area (Å²) in [6, 6.07) is 7.46. The third-order valence-corrected chi connectivity index (χ3v) is 2.35. The first-order valence-electron chi connectivity index (χ1n) is 4.86. The lowest BCUT2D eigenvalue weighted by molar-refractivity contribution is 1.24. The highest BCUT2D eigenvalue weighted by Crippen LogP contribution is 2.19. The second kappa shape index (κ2) is 5.94. The number of allylic oxidation sites excluding steroid dienone is 1. The average Bonchev–Trinajstić information content (AvgIpc) is 2.27. The Bertz CT molecular complexity index is 452. The van der Waals surface area contributed by atoms with Crippen LogP contribution in [0.3, 0.4) is 0 Å². The molecule has 2 N–H and O–H groups in total. The smallest absolute Gasteiger partial charge is 0.207 e. The van der Waals surface area contributed by atoms with Gasteiger partial charge < -0.3 is 5.73 Å². The van der Waals surface area contributed by atoms with Gasteiger partial charge in [0.05, 0.1) is 0 Å². The molecule has 0 bridgehead atoms. The molecular weight excluding hydrogens is 222 g/mol. The number of halogens is 1. The van der Waals surface area contributed by atoms with Gasteiger partial charge in [0, 0.05) is 5.02 Å². The van der Waals surface area contributed by atoms with Gasteiger partial charge in [-0.2, -0.15) is 10.3 Å². The predicted octanol–water partition coefficient (Wildman–Crippen LogP) is 2.97. The lowest BCUT2D eigenvalue weighted by Crippen LogP contribution is -2.07. The number of rotatable bonds is 3. The normalized spacial score (nSPS) is 12.3. The van der Waals surface area contributed by atoms with Gasteiger partial charge in [0.2, 0.25) is 6.19 Å². The summed E-state index contributed by atoms with van der Waals surface area (Å²) >= 11 is 5.80. The van der Waals surface area contributed by atoms with E-state index in [1.807, 2.05) is 31.2 Å². The summed E-state index contributed by atoms with van der Waals surface area (Å²) in [5.74, 6) is 0.217. The molecular formula is C12H12ClN3. The first-order chi connectivity index (χ1) is 7.67. The standard InChI is InChI=1S/C12H12ClN3/c1-2-9(7-12(15)16-8-14)10-3-5-11(13)6-4-10/h3-7H,2H2,1H3,(H2,15,16). The maximum absolute atomic E-state index is 8.37. The average molecular weight is 234 g/mol. The van der Waals surface area contributed by atoms with Gasteiger partial charge in [0.15, 0.2) is 0 Å². The van der Waals surface area contributed by atoms with Gasteiger partial charge in [-0.3, -0.25) is 0 Å². The van der Waals surface area contributed by atoms with Gasteiger partial charge in [0.25, 0.3) is 0 Å². The van der Waals surface area contributed by atoms with Crippen LogP contribution in [0, 0.1) is 11.5 Å². The largest absolute Gasteiger partial charge is 0.383 e. The van der Waals surface area contributed by atoms with Crippen LogP contribution in [0.15, 0.2) is 35.3 Å². The molecule has 16 heavy (non-hydrogen) atoms. The van der Waals surface area contributed by atoms with Gasteiger partial charge in [-0.25, -0.2) is 0 Å². The zero-order valence-corrected chi connectivity index (χ0v) is 9.70. The van der Waals surface area contributed by atoms with Crippen LogP contribution >= 0.6 is 11.6 Å². The Morgan fingerprint density at radius 1 is 1.50 bits per heavy atom. The van der Waals surface area contributed by atoms with Gasteiger partial charge in [-0.05, 0) is 35.8 Å². The molecule has 0 aromatic heterocycles. The Morgan fingerprint density at radius 2 is 2.12 bits per heavy atom.